The number of methoxy groups -OCH3 is 1. The smallest absolute Gasteiger partial charge is 0.238 e. The van der Waals surface area contributed by atoms with Crippen LogP contribution >= 0.6 is 0 Å². The van der Waals surface area contributed by atoms with Gasteiger partial charge in [-0.25, -0.2) is 0 Å². The fourth-order valence-corrected chi connectivity index (χ4v) is 1.97. The Kier molecular flexibility index (Phi) is 7.43. The number of nitrogens with two attached hydrogens (primary N) is 1. The van der Waals surface area contributed by atoms with E-state index >= 15 is 0 Å². The molecule has 0 aromatic heterocycles. The highest BCUT2D eigenvalue weighted by molar-refractivity contribution is 5.84. The fraction of sp³-hybridized carbons (Fsp3) is 0.923. The van der Waals surface area contributed by atoms with Crippen molar-refractivity contribution in [3.8, 4) is 0 Å². The molecule has 0 aromatic rings. The van der Waals surface area contributed by atoms with Crippen LogP contribution in [0.1, 0.15) is 34.6 Å². The lowest BCUT2D eigenvalue weighted by molar-refractivity contribution is -0.125. The largest absolute Gasteiger partial charge is 0.383 e. The Morgan fingerprint density at radius 3 is 2.28 bits per heavy atom. The van der Waals surface area contributed by atoms with Crippen LogP contribution in [-0.2, 0) is 9.53 Å². The molecule has 1 unspecified atom stereocenters. The summed E-state index contributed by atoms with van der Waals surface area (Å²) in [5.41, 5.74) is 4.82. The molecular weight excluding hydrogens is 230 g/mol. The third kappa shape index (κ3) is 5.80. The van der Waals surface area contributed by atoms with Crippen molar-refractivity contribution in [2.45, 2.75) is 52.2 Å². The molecule has 5 heteroatoms. The second-order valence-corrected chi connectivity index (χ2v) is 5.55. The van der Waals surface area contributed by atoms with Gasteiger partial charge in [0.2, 0.25) is 5.91 Å². The van der Waals surface area contributed by atoms with Crippen molar-refractivity contribution in [2.24, 2.45) is 5.73 Å². The molecule has 5 nitrogen and oxygen atoms in total. The average molecular weight is 259 g/mol. The van der Waals surface area contributed by atoms with Crippen molar-refractivity contribution in [2.75, 3.05) is 26.8 Å². The molecule has 0 aliphatic carbocycles. The topological polar surface area (TPSA) is 67.6 Å². The lowest BCUT2D eigenvalue weighted by Gasteiger charge is -2.37. The second kappa shape index (κ2) is 7.71. The minimum absolute atomic E-state index is 0.207. The SMILES string of the molecule is COCCN(CC(C)(NC(C)C)C(N)=O)C(C)C. The van der Waals surface area contributed by atoms with E-state index < -0.39 is 5.54 Å². The van der Waals surface area contributed by atoms with Crippen molar-refractivity contribution < 1.29 is 9.53 Å². The van der Waals surface area contributed by atoms with Gasteiger partial charge in [0, 0.05) is 32.3 Å². The van der Waals surface area contributed by atoms with Crippen molar-refractivity contribution in [1.82, 2.24) is 10.2 Å². The zero-order valence-corrected chi connectivity index (χ0v) is 12.6. The van der Waals surface area contributed by atoms with E-state index in [2.05, 4.69) is 24.1 Å². The summed E-state index contributed by atoms with van der Waals surface area (Å²) in [6, 6.07) is 0.548. The van der Waals surface area contributed by atoms with Crippen LogP contribution < -0.4 is 11.1 Å². The molecule has 0 aliphatic heterocycles. The summed E-state index contributed by atoms with van der Waals surface area (Å²) in [5.74, 6) is -0.320. The predicted octanol–water partition coefficient (Wildman–Crippen LogP) is 0.585. The number of carbonyl (C=O) groups excluding carboxylic acids is 1. The van der Waals surface area contributed by atoms with Gasteiger partial charge < -0.3 is 15.8 Å². The molecule has 1 amide bonds. The molecule has 0 rings (SSSR count). The van der Waals surface area contributed by atoms with Crippen molar-refractivity contribution in [3.63, 3.8) is 0 Å². The van der Waals surface area contributed by atoms with Gasteiger partial charge in [-0.15, -0.1) is 0 Å². The van der Waals surface area contributed by atoms with Gasteiger partial charge in [-0.2, -0.15) is 0 Å². The maximum atomic E-state index is 11.7. The molecule has 0 heterocycles. The number of nitrogens with zero attached hydrogens (tertiary/aromatic N) is 1. The Bertz CT molecular complexity index is 257. The highest BCUT2D eigenvalue weighted by atomic mass is 16.5. The molecule has 0 bridgehead atoms. The molecule has 0 spiro atoms. The summed E-state index contributed by atoms with van der Waals surface area (Å²) in [5, 5.41) is 3.26. The van der Waals surface area contributed by atoms with Crippen LogP contribution in [-0.4, -0.2) is 55.2 Å². The van der Waals surface area contributed by atoms with Gasteiger partial charge in [0.05, 0.1) is 6.61 Å². The van der Waals surface area contributed by atoms with Crippen molar-refractivity contribution in [3.05, 3.63) is 0 Å². The maximum Gasteiger partial charge on any atom is 0.238 e. The standard InChI is InChI=1S/C13H29N3O2/c1-10(2)15-13(5,12(14)17)9-16(11(3)4)7-8-18-6/h10-11,15H,7-9H2,1-6H3,(H2,14,17). The van der Waals surface area contributed by atoms with Crippen molar-refractivity contribution >= 4 is 5.91 Å². The minimum atomic E-state index is -0.716. The van der Waals surface area contributed by atoms with Crippen LogP contribution in [0.15, 0.2) is 0 Å². The first kappa shape index (κ1) is 17.4. The van der Waals surface area contributed by atoms with E-state index in [-0.39, 0.29) is 11.9 Å². The van der Waals surface area contributed by atoms with E-state index in [1.165, 1.54) is 0 Å². The highest BCUT2D eigenvalue weighted by Crippen LogP contribution is 2.10. The van der Waals surface area contributed by atoms with Gasteiger partial charge in [0.25, 0.3) is 0 Å². The van der Waals surface area contributed by atoms with E-state index in [9.17, 15) is 4.79 Å². The molecule has 0 fully saturated rings. The normalized spacial score (nSPS) is 15.4. The summed E-state index contributed by atoms with van der Waals surface area (Å²) in [4.78, 5) is 13.9. The Balaban J connectivity index is 4.75. The predicted molar refractivity (Wildman–Crippen MR) is 74.5 cm³/mol. The second-order valence-electron chi connectivity index (χ2n) is 5.55. The first-order valence-electron chi connectivity index (χ1n) is 6.53. The Labute approximate surface area is 111 Å². The summed E-state index contributed by atoms with van der Waals surface area (Å²) in [6.07, 6.45) is 0. The Hall–Kier alpha value is -0.650. The molecule has 0 aromatic carbocycles. The van der Waals surface area contributed by atoms with Gasteiger partial charge in [0.1, 0.15) is 5.54 Å². The fourth-order valence-electron chi connectivity index (χ4n) is 1.97. The highest BCUT2D eigenvalue weighted by Gasteiger charge is 2.34. The van der Waals surface area contributed by atoms with E-state index in [0.29, 0.717) is 19.2 Å². The molecule has 0 radical (unpaired) electrons. The minimum Gasteiger partial charge on any atom is -0.383 e. The Morgan fingerprint density at radius 2 is 1.94 bits per heavy atom. The number of nitrogens with one attached hydrogen (secondary N) is 1. The molecule has 3 N–H and O–H groups in total. The monoisotopic (exact) mass is 259 g/mol. The third-order valence-electron chi connectivity index (χ3n) is 2.98. The van der Waals surface area contributed by atoms with Crippen LogP contribution in [0.3, 0.4) is 0 Å². The zero-order valence-electron chi connectivity index (χ0n) is 12.6. The van der Waals surface area contributed by atoms with Crippen LogP contribution in [0.5, 0.6) is 0 Å². The quantitative estimate of drug-likeness (QED) is 0.636. The van der Waals surface area contributed by atoms with Crippen LogP contribution in [0.25, 0.3) is 0 Å². The van der Waals surface area contributed by atoms with Crippen LogP contribution in [0.2, 0.25) is 0 Å². The lowest BCUT2D eigenvalue weighted by atomic mass is 9.98. The number of amides is 1. The maximum absolute atomic E-state index is 11.7. The molecule has 0 aliphatic rings. The molecule has 108 valence electrons. The zero-order chi connectivity index (χ0) is 14.3. The number of hydrogen-bond acceptors (Lipinski definition) is 4. The van der Waals surface area contributed by atoms with Gasteiger partial charge in [-0.3, -0.25) is 9.69 Å². The lowest BCUT2D eigenvalue weighted by Crippen LogP contribution is -2.62. The first-order valence-corrected chi connectivity index (χ1v) is 6.53. The van der Waals surface area contributed by atoms with E-state index in [1.54, 1.807) is 7.11 Å². The number of ether oxygens (including phenoxy) is 1. The van der Waals surface area contributed by atoms with E-state index in [4.69, 9.17) is 10.5 Å². The van der Waals surface area contributed by atoms with Gasteiger partial charge >= 0.3 is 0 Å². The molecule has 18 heavy (non-hydrogen) atoms. The summed E-state index contributed by atoms with van der Waals surface area (Å²) in [7, 11) is 1.68. The van der Waals surface area contributed by atoms with Gasteiger partial charge in [-0.1, -0.05) is 0 Å². The number of carbonyl (C=O) groups is 1. The molecule has 0 saturated heterocycles. The van der Waals surface area contributed by atoms with Crippen LogP contribution in [0.4, 0.5) is 0 Å². The third-order valence-corrected chi connectivity index (χ3v) is 2.98. The molecular formula is C13H29N3O2. The van der Waals surface area contributed by atoms with Crippen LogP contribution in [0, 0.1) is 0 Å². The van der Waals surface area contributed by atoms with Gasteiger partial charge in [0.15, 0.2) is 0 Å². The molecule has 1 atom stereocenters. The van der Waals surface area contributed by atoms with E-state index in [0.717, 1.165) is 6.54 Å². The number of hydrogen-bond donors (Lipinski definition) is 2. The summed E-state index contributed by atoms with van der Waals surface area (Å²) in [6.45, 7) is 12.1. The van der Waals surface area contributed by atoms with Crippen molar-refractivity contribution in [1.29, 1.82) is 0 Å². The summed E-state index contributed by atoms with van der Waals surface area (Å²) >= 11 is 0. The molecule has 0 saturated carbocycles. The summed E-state index contributed by atoms with van der Waals surface area (Å²) < 4.78 is 5.10. The first-order chi connectivity index (χ1) is 8.23. The van der Waals surface area contributed by atoms with E-state index in [1.807, 2.05) is 20.8 Å². The van der Waals surface area contributed by atoms with Gasteiger partial charge in [-0.05, 0) is 34.6 Å². The number of primary amides is 1. The average Bonchev–Trinajstić information content (AvgIpc) is 2.22. The number of rotatable bonds is 9. The Morgan fingerprint density at radius 1 is 1.39 bits per heavy atom.